The maximum atomic E-state index is 14.3. The summed E-state index contributed by atoms with van der Waals surface area (Å²) in [6.07, 6.45) is 0. The van der Waals surface area contributed by atoms with Crippen LogP contribution in [0.15, 0.2) is 24.3 Å². The van der Waals surface area contributed by atoms with Gasteiger partial charge < -0.3 is 15.2 Å². The molecule has 1 saturated heterocycles. The van der Waals surface area contributed by atoms with Gasteiger partial charge in [-0.15, -0.1) is 12.4 Å². The Morgan fingerprint density at radius 3 is 2.55 bits per heavy atom. The molecule has 0 amide bonds. The summed E-state index contributed by atoms with van der Waals surface area (Å²) in [6, 6.07) is 5.66. The van der Waals surface area contributed by atoms with Crippen molar-refractivity contribution in [3.05, 3.63) is 29.8 Å². The fraction of sp³-hybridized carbons (Fsp3) is 0.600. The van der Waals surface area contributed by atoms with Gasteiger partial charge in [0.15, 0.2) is 0 Å². The zero-order valence-electron chi connectivity index (χ0n) is 12.6. The van der Waals surface area contributed by atoms with E-state index in [1.807, 2.05) is 6.92 Å². The molecule has 22 heavy (non-hydrogen) atoms. The minimum atomic E-state index is -3.22. The zero-order chi connectivity index (χ0) is 15.3. The molecule has 4 nitrogen and oxygen atoms in total. The summed E-state index contributed by atoms with van der Waals surface area (Å²) in [5.41, 5.74) is 0.431. The molecule has 0 unspecified atom stereocenters. The highest BCUT2D eigenvalue weighted by Gasteiger charge is 2.45. The van der Waals surface area contributed by atoms with E-state index in [0.29, 0.717) is 44.1 Å². The van der Waals surface area contributed by atoms with Gasteiger partial charge >= 0.3 is 0 Å². The van der Waals surface area contributed by atoms with Gasteiger partial charge in [0.05, 0.1) is 6.61 Å². The molecule has 2 N–H and O–H groups in total. The highest BCUT2D eigenvalue weighted by molar-refractivity contribution is 5.85. The number of rotatable bonds is 6. The van der Waals surface area contributed by atoms with Crippen LogP contribution in [-0.4, -0.2) is 55.3 Å². The lowest BCUT2D eigenvalue weighted by molar-refractivity contribution is -0.119. The van der Waals surface area contributed by atoms with Crippen LogP contribution >= 0.6 is 12.4 Å². The van der Waals surface area contributed by atoms with Gasteiger partial charge in [-0.25, -0.2) is 8.78 Å². The second kappa shape index (κ2) is 8.62. The van der Waals surface area contributed by atoms with E-state index in [1.54, 1.807) is 29.2 Å². The van der Waals surface area contributed by atoms with Crippen molar-refractivity contribution in [3.63, 3.8) is 0 Å². The Labute approximate surface area is 135 Å². The van der Waals surface area contributed by atoms with Crippen LogP contribution < -0.4 is 10.1 Å². The first-order chi connectivity index (χ1) is 10.1. The maximum Gasteiger partial charge on any atom is 0.290 e. The predicted molar refractivity (Wildman–Crippen MR) is 84.1 cm³/mol. The van der Waals surface area contributed by atoms with E-state index >= 15 is 0 Å². The van der Waals surface area contributed by atoms with Gasteiger partial charge in [-0.3, -0.25) is 4.90 Å². The van der Waals surface area contributed by atoms with Crippen molar-refractivity contribution < 1.29 is 18.6 Å². The summed E-state index contributed by atoms with van der Waals surface area (Å²) >= 11 is 0. The van der Waals surface area contributed by atoms with Crippen LogP contribution in [0.3, 0.4) is 0 Å². The smallest absolute Gasteiger partial charge is 0.290 e. The minimum absolute atomic E-state index is 0. The lowest BCUT2D eigenvalue weighted by Crippen LogP contribution is -2.51. The molecule has 126 valence electrons. The number of piperazine rings is 1. The average Bonchev–Trinajstić information content (AvgIpc) is 2.50. The molecule has 7 heteroatoms. The molecule has 0 spiro atoms. The molecule has 1 aromatic rings. The number of aliphatic hydroxyl groups excluding tert-OH is 1. The predicted octanol–water partition coefficient (Wildman–Crippen LogP) is 2.08. The summed E-state index contributed by atoms with van der Waals surface area (Å²) in [5.74, 6) is -2.76. The van der Waals surface area contributed by atoms with Crippen LogP contribution in [0.4, 0.5) is 8.78 Å². The Hall–Kier alpha value is -0.950. The molecule has 1 heterocycles. The van der Waals surface area contributed by atoms with Gasteiger partial charge in [-0.2, -0.15) is 0 Å². The number of halogens is 3. The Morgan fingerprint density at radius 1 is 1.32 bits per heavy atom. The number of nitrogens with one attached hydrogen (secondary N) is 1. The molecule has 2 rings (SSSR count). The molecule has 1 atom stereocenters. The van der Waals surface area contributed by atoms with Gasteiger partial charge in [0.2, 0.25) is 0 Å². The number of para-hydroxylation sites is 1. The van der Waals surface area contributed by atoms with Crippen LogP contribution in [0.25, 0.3) is 0 Å². The molecule has 0 aromatic heterocycles. The van der Waals surface area contributed by atoms with Crippen molar-refractivity contribution in [1.29, 1.82) is 0 Å². The normalized spacial score (nSPS) is 17.6. The summed E-state index contributed by atoms with van der Waals surface area (Å²) in [4.78, 5) is 1.71. The first kappa shape index (κ1) is 19.1. The number of alkyl halides is 2. The van der Waals surface area contributed by atoms with Gasteiger partial charge in [0.25, 0.3) is 5.92 Å². The number of ether oxygens (including phenoxy) is 1. The molecule has 0 bridgehead atoms. The van der Waals surface area contributed by atoms with E-state index in [9.17, 15) is 8.78 Å². The van der Waals surface area contributed by atoms with Crippen LogP contribution in [-0.2, 0) is 0 Å². The number of hydrogen-bond acceptors (Lipinski definition) is 4. The first-order valence-corrected chi connectivity index (χ1v) is 7.25. The third kappa shape index (κ3) is 4.29. The lowest BCUT2D eigenvalue weighted by atomic mass is 9.97. The van der Waals surface area contributed by atoms with Crippen LogP contribution in [0.2, 0.25) is 0 Å². The van der Waals surface area contributed by atoms with Crippen molar-refractivity contribution in [3.8, 4) is 5.75 Å². The van der Waals surface area contributed by atoms with Crippen molar-refractivity contribution >= 4 is 12.4 Å². The molecule has 1 aromatic carbocycles. The van der Waals surface area contributed by atoms with Crippen LogP contribution in [0.5, 0.6) is 5.75 Å². The highest BCUT2D eigenvalue weighted by atomic mass is 35.5. The highest BCUT2D eigenvalue weighted by Crippen LogP contribution is 2.40. The van der Waals surface area contributed by atoms with Crippen molar-refractivity contribution in [2.24, 2.45) is 0 Å². The zero-order valence-corrected chi connectivity index (χ0v) is 13.4. The third-order valence-corrected chi connectivity index (χ3v) is 3.64. The van der Waals surface area contributed by atoms with Crippen LogP contribution in [0.1, 0.15) is 18.5 Å². The molecular formula is C15H23ClF2N2O2. The lowest BCUT2D eigenvalue weighted by Gasteiger charge is -2.39. The third-order valence-electron chi connectivity index (χ3n) is 3.64. The molecule has 0 saturated carbocycles. The quantitative estimate of drug-likeness (QED) is 0.835. The van der Waals surface area contributed by atoms with Gasteiger partial charge in [0, 0.05) is 31.7 Å². The topological polar surface area (TPSA) is 44.7 Å². The van der Waals surface area contributed by atoms with E-state index < -0.39 is 18.6 Å². The standard InChI is InChI=1S/C15H22F2N2O2.ClH/c1-2-21-13-6-4-3-5-12(13)14(15(16,17)11-20)19-9-7-18-8-10-19;/h3-6,14,18,20H,2,7-11H2,1H3;1H/t14-;/m0./s1. The number of nitrogens with zero attached hydrogens (tertiary/aromatic N) is 1. The Bertz CT molecular complexity index is 457. The summed E-state index contributed by atoms with van der Waals surface area (Å²) < 4.78 is 34.2. The fourth-order valence-corrected chi connectivity index (χ4v) is 2.71. The van der Waals surface area contributed by atoms with Crippen molar-refractivity contribution in [1.82, 2.24) is 10.2 Å². The second-order valence-corrected chi connectivity index (χ2v) is 5.08. The van der Waals surface area contributed by atoms with Crippen molar-refractivity contribution in [2.75, 3.05) is 39.4 Å². The summed E-state index contributed by atoms with van der Waals surface area (Å²) in [6.45, 7) is 3.41. The molecule has 0 aliphatic carbocycles. The SMILES string of the molecule is CCOc1ccccc1[C@H](N1CCNCC1)C(F)(F)CO.Cl. The molecule has 1 aliphatic rings. The van der Waals surface area contributed by atoms with Gasteiger partial charge in [-0.05, 0) is 13.0 Å². The van der Waals surface area contributed by atoms with E-state index in [2.05, 4.69) is 5.32 Å². The first-order valence-electron chi connectivity index (χ1n) is 7.25. The molecular weight excluding hydrogens is 314 g/mol. The fourth-order valence-electron chi connectivity index (χ4n) is 2.71. The Kier molecular flexibility index (Phi) is 7.48. The summed E-state index contributed by atoms with van der Waals surface area (Å²) in [7, 11) is 0. The number of benzene rings is 1. The number of hydrogen-bond donors (Lipinski definition) is 2. The maximum absolute atomic E-state index is 14.3. The Morgan fingerprint density at radius 2 is 1.95 bits per heavy atom. The Balaban J connectivity index is 0.00000242. The van der Waals surface area contributed by atoms with E-state index in [0.717, 1.165) is 0 Å². The van der Waals surface area contributed by atoms with E-state index in [-0.39, 0.29) is 12.4 Å². The summed E-state index contributed by atoms with van der Waals surface area (Å²) in [5, 5.41) is 12.3. The molecule has 1 fully saturated rings. The molecule has 0 radical (unpaired) electrons. The van der Waals surface area contributed by atoms with Gasteiger partial charge in [-0.1, -0.05) is 18.2 Å². The molecule has 1 aliphatic heterocycles. The minimum Gasteiger partial charge on any atom is -0.494 e. The number of aliphatic hydroxyl groups is 1. The van der Waals surface area contributed by atoms with Crippen molar-refractivity contribution in [2.45, 2.75) is 18.9 Å². The largest absolute Gasteiger partial charge is 0.494 e. The second-order valence-electron chi connectivity index (χ2n) is 5.08. The van der Waals surface area contributed by atoms with Gasteiger partial charge in [0.1, 0.15) is 18.4 Å². The monoisotopic (exact) mass is 336 g/mol. The van der Waals surface area contributed by atoms with E-state index in [4.69, 9.17) is 9.84 Å². The van der Waals surface area contributed by atoms with E-state index in [1.165, 1.54) is 0 Å². The van der Waals surface area contributed by atoms with Crippen LogP contribution in [0, 0.1) is 0 Å². The average molecular weight is 337 g/mol.